The molecule has 0 saturated heterocycles. The Hall–Kier alpha value is -2.72. The highest BCUT2D eigenvalue weighted by Gasteiger charge is 2.28. The Morgan fingerprint density at radius 3 is 2.16 bits per heavy atom. The first-order valence-corrected chi connectivity index (χ1v) is 11.1. The topological polar surface area (TPSA) is 63.4 Å². The zero-order valence-corrected chi connectivity index (χ0v) is 18.9. The monoisotopic (exact) mass is 418 g/mol. The maximum Gasteiger partial charge on any atom is 0.246 e. The smallest absolute Gasteiger partial charge is 0.246 e. The summed E-state index contributed by atoms with van der Waals surface area (Å²) in [6.45, 7) is 7.24. The van der Waals surface area contributed by atoms with Gasteiger partial charge in [-0.1, -0.05) is 81.4 Å². The molecule has 1 amide bonds. The lowest BCUT2D eigenvalue weighted by Crippen LogP contribution is -2.42. The average molecular weight is 419 g/mol. The molecule has 4 nitrogen and oxygen atoms in total. The van der Waals surface area contributed by atoms with Crippen LogP contribution >= 0.6 is 0 Å². The predicted molar refractivity (Wildman–Crippen MR) is 125 cm³/mol. The molecule has 1 heterocycles. The third-order valence-electron chi connectivity index (χ3n) is 6.05. The Balaban J connectivity index is 1.66. The fourth-order valence-electron chi connectivity index (χ4n) is 3.94. The lowest BCUT2D eigenvalue weighted by atomic mass is 9.81. The normalized spacial score (nSPS) is 15.7. The van der Waals surface area contributed by atoms with Crippen molar-refractivity contribution in [2.24, 2.45) is 17.1 Å². The number of hydrogen-bond acceptors (Lipinski definition) is 3. The second-order valence-electron chi connectivity index (χ2n) is 9.62. The molecule has 0 aromatic heterocycles. The second-order valence-corrected chi connectivity index (χ2v) is 9.62. The van der Waals surface area contributed by atoms with Crippen molar-refractivity contribution >= 4 is 11.7 Å². The highest BCUT2D eigenvalue weighted by Crippen LogP contribution is 2.25. The van der Waals surface area contributed by atoms with E-state index in [0.29, 0.717) is 19.5 Å². The van der Waals surface area contributed by atoms with Crippen LogP contribution in [0.15, 0.2) is 66.7 Å². The van der Waals surface area contributed by atoms with Gasteiger partial charge < -0.3 is 10.6 Å². The van der Waals surface area contributed by atoms with Gasteiger partial charge in [0, 0.05) is 19.5 Å². The molecule has 2 aromatic carbocycles. The summed E-state index contributed by atoms with van der Waals surface area (Å²) in [6, 6.07) is 17.9. The van der Waals surface area contributed by atoms with E-state index in [2.05, 4.69) is 24.3 Å². The molecule has 2 atom stereocenters. The number of nitrogens with zero attached hydrogens (tertiary/aromatic N) is 1. The van der Waals surface area contributed by atoms with Crippen LogP contribution in [0.3, 0.4) is 0 Å². The second kappa shape index (κ2) is 10.1. The molecule has 31 heavy (non-hydrogen) atoms. The first kappa shape index (κ1) is 23.0. The third-order valence-corrected chi connectivity index (χ3v) is 6.05. The Morgan fingerprint density at radius 1 is 1.00 bits per heavy atom. The van der Waals surface area contributed by atoms with Crippen molar-refractivity contribution in [1.82, 2.24) is 4.90 Å². The van der Waals surface area contributed by atoms with Gasteiger partial charge in [0.2, 0.25) is 5.91 Å². The molecule has 0 saturated carbocycles. The number of carbonyl (C=O) groups excluding carboxylic acids is 2. The molecular formula is C27H34N2O2. The molecule has 0 bridgehead atoms. The summed E-state index contributed by atoms with van der Waals surface area (Å²) in [7, 11) is 0. The van der Waals surface area contributed by atoms with Gasteiger partial charge >= 0.3 is 0 Å². The lowest BCUT2D eigenvalue weighted by molar-refractivity contribution is -0.127. The molecule has 4 heteroatoms. The number of fused-ring (bicyclic) bond motifs is 1. The quantitative estimate of drug-likeness (QED) is 0.634. The maximum absolute atomic E-state index is 12.8. The van der Waals surface area contributed by atoms with Crippen LogP contribution in [-0.4, -0.2) is 22.6 Å². The van der Waals surface area contributed by atoms with Crippen LogP contribution < -0.4 is 5.73 Å². The number of hydrogen-bond donors (Lipinski definition) is 1. The van der Waals surface area contributed by atoms with E-state index in [9.17, 15) is 9.59 Å². The van der Waals surface area contributed by atoms with Gasteiger partial charge in [-0.25, -0.2) is 0 Å². The summed E-state index contributed by atoms with van der Waals surface area (Å²) in [5.41, 5.74) is 9.57. The molecule has 0 fully saturated rings. The Bertz CT molecular complexity index is 903. The van der Waals surface area contributed by atoms with Gasteiger partial charge in [-0.15, -0.1) is 0 Å². The number of rotatable bonds is 8. The summed E-state index contributed by atoms with van der Waals surface area (Å²) in [5, 5.41) is 0. The van der Waals surface area contributed by atoms with Gasteiger partial charge in [-0.2, -0.15) is 0 Å². The van der Waals surface area contributed by atoms with Gasteiger partial charge in [0.25, 0.3) is 0 Å². The van der Waals surface area contributed by atoms with Crippen LogP contribution in [0.2, 0.25) is 0 Å². The highest BCUT2D eigenvalue weighted by atomic mass is 16.2. The number of ketones is 1. The van der Waals surface area contributed by atoms with Crippen molar-refractivity contribution in [1.29, 1.82) is 0 Å². The SMILES string of the molecule is CC(C)(C)[C@H](N)C(=O)C[C@H](/C=C/C(=O)N1Cc2ccccc2C1)CCc1ccccc1. The van der Waals surface area contributed by atoms with E-state index in [1.54, 1.807) is 6.08 Å². The van der Waals surface area contributed by atoms with Crippen LogP contribution in [0.5, 0.6) is 0 Å². The fraction of sp³-hybridized carbons (Fsp3) is 0.407. The summed E-state index contributed by atoms with van der Waals surface area (Å²) in [5.74, 6) is 0.0275. The van der Waals surface area contributed by atoms with Crippen LogP contribution in [0.4, 0.5) is 0 Å². The minimum atomic E-state index is -0.510. The van der Waals surface area contributed by atoms with Crippen molar-refractivity contribution in [2.45, 2.75) is 59.2 Å². The van der Waals surface area contributed by atoms with Gasteiger partial charge in [0.15, 0.2) is 5.78 Å². The summed E-state index contributed by atoms with van der Waals surface area (Å²) in [4.78, 5) is 27.5. The first-order valence-electron chi connectivity index (χ1n) is 11.1. The Morgan fingerprint density at radius 2 is 1.58 bits per heavy atom. The molecule has 164 valence electrons. The Labute approximate surface area is 186 Å². The van der Waals surface area contributed by atoms with E-state index in [-0.39, 0.29) is 23.0 Å². The van der Waals surface area contributed by atoms with E-state index in [4.69, 9.17) is 5.73 Å². The number of carbonyl (C=O) groups is 2. The van der Waals surface area contributed by atoms with E-state index >= 15 is 0 Å². The fourth-order valence-corrected chi connectivity index (χ4v) is 3.94. The number of benzene rings is 2. The van der Waals surface area contributed by atoms with Crippen molar-refractivity contribution < 1.29 is 9.59 Å². The molecule has 0 aliphatic carbocycles. The van der Waals surface area contributed by atoms with E-state index < -0.39 is 6.04 Å². The molecule has 2 N–H and O–H groups in total. The molecule has 1 aliphatic heterocycles. The molecule has 1 aliphatic rings. The van der Waals surface area contributed by atoms with Crippen LogP contribution in [0.1, 0.15) is 50.3 Å². The summed E-state index contributed by atoms with van der Waals surface area (Å²) in [6.07, 6.45) is 5.59. The molecular weight excluding hydrogens is 384 g/mol. The van der Waals surface area contributed by atoms with Gasteiger partial charge in [0.1, 0.15) is 0 Å². The summed E-state index contributed by atoms with van der Waals surface area (Å²) < 4.78 is 0. The molecule has 2 aromatic rings. The zero-order valence-electron chi connectivity index (χ0n) is 18.9. The van der Waals surface area contributed by atoms with E-state index in [1.807, 2.05) is 62.1 Å². The van der Waals surface area contributed by atoms with Crippen molar-refractivity contribution in [3.63, 3.8) is 0 Å². The highest BCUT2D eigenvalue weighted by molar-refractivity contribution is 5.88. The van der Waals surface area contributed by atoms with Gasteiger partial charge in [0.05, 0.1) is 6.04 Å². The largest absolute Gasteiger partial charge is 0.330 e. The van der Waals surface area contributed by atoms with Crippen molar-refractivity contribution in [2.75, 3.05) is 0 Å². The summed E-state index contributed by atoms with van der Waals surface area (Å²) >= 11 is 0. The molecule has 0 radical (unpaired) electrons. The first-order chi connectivity index (χ1) is 14.7. The van der Waals surface area contributed by atoms with Crippen LogP contribution in [0.25, 0.3) is 0 Å². The minimum Gasteiger partial charge on any atom is -0.330 e. The van der Waals surface area contributed by atoms with Gasteiger partial charge in [-0.05, 0) is 46.9 Å². The van der Waals surface area contributed by atoms with E-state index in [0.717, 1.165) is 12.8 Å². The zero-order chi connectivity index (χ0) is 22.4. The number of amides is 1. The minimum absolute atomic E-state index is 0.00604. The molecule has 0 unspecified atom stereocenters. The van der Waals surface area contributed by atoms with Crippen LogP contribution in [0, 0.1) is 11.3 Å². The van der Waals surface area contributed by atoms with Gasteiger partial charge in [-0.3, -0.25) is 9.59 Å². The number of allylic oxidation sites excluding steroid dienone is 1. The maximum atomic E-state index is 12.8. The lowest BCUT2D eigenvalue weighted by Gasteiger charge is -2.27. The number of nitrogens with two attached hydrogens (primary N) is 1. The Kier molecular flexibility index (Phi) is 7.45. The standard InChI is InChI=1S/C27H34N2O2/c1-27(2,3)26(28)24(30)17-21(14-13-20-9-5-4-6-10-20)15-16-25(31)29-18-22-11-7-8-12-23(22)19-29/h4-12,15-16,21,26H,13-14,17-19,28H2,1-3H3/b16-15+/t21-,26+/m0/s1. The number of Topliss-reactive ketones (excluding diaryl/α,β-unsaturated/α-hetero) is 1. The van der Waals surface area contributed by atoms with Crippen LogP contribution in [-0.2, 0) is 29.1 Å². The number of aryl methyl sites for hydroxylation is 1. The average Bonchev–Trinajstić information content (AvgIpc) is 3.19. The molecule has 0 spiro atoms. The van der Waals surface area contributed by atoms with Crippen molar-refractivity contribution in [3.05, 3.63) is 83.4 Å². The van der Waals surface area contributed by atoms with E-state index in [1.165, 1.54) is 16.7 Å². The predicted octanol–water partition coefficient (Wildman–Crippen LogP) is 4.67. The third kappa shape index (κ3) is 6.38. The van der Waals surface area contributed by atoms with Crippen molar-refractivity contribution in [3.8, 4) is 0 Å². The molecule has 3 rings (SSSR count).